The average Bonchev–Trinajstić information content (AvgIpc) is 3.30. The summed E-state index contributed by atoms with van der Waals surface area (Å²) >= 11 is 0. The fourth-order valence-corrected chi connectivity index (χ4v) is 5.32. The molecule has 37 heavy (non-hydrogen) atoms. The van der Waals surface area contributed by atoms with Gasteiger partial charge in [-0.2, -0.15) is 5.10 Å². The Bertz CT molecular complexity index is 1310. The van der Waals surface area contributed by atoms with Gasteiger partial charge >= 0.3 is 5.97 Å². The number of carboxylic acids is 1. The monoisotopic (exact) mass is 493 g/mol. The lowest BCUT2D eigenvalue weighted by molar-refractivity contribution is -0.152. The molecule has 0 radical (unpaired) electrons. The number of hydrogen-bond acceptors (Lipinski definition) is 3. The van der Waals surface area contributed by atoms with Crippen LogP contribution in [0.15, 0.2) is 97.1 Å². The van der Waals surface area contributed by atoms with Crippen LogP contribution in [0, 0.1) is 6.92 Å². The molecule has 188 valence electrons. The molecule has 1 aliphatic rings. The summed E-state index contributed by atoms with van der Waals surface area (Å²) < 4.78 is 1.97. The maximum absolute atomic E-state index is 14.0. The van der Waals surface area contributed by atoms with Crippen LogP contribution in [0.4, 0.5) is 0 Å². The Morgan fingerprint density at radius 2 is 1.49 bits per heavy atom. The van der Waals surface area contributed by atoms with Crippen LogP contribution >= 0.6 is 0 Å². The summed E-state index contributed by atoms with van der Waals surface area (Å²) in [6, 6.07) is 30.5. The molecule has 2 heterocycles. The number of nitrogens with zero attached hydrogens (tertiary/aromatic N) is 3. The molecule has 3 aromatic carbocycles. The number of piperidine rings is 1. The first-order valence-electron chi connectivity index (χ1n) is 12.7. The normalized spacial score (nSPS) is 17.6. The summed E-state index contributed by atoms with van der Waals surface area (Å²) in [4.78, 5) is 28.0. The molecule has 6 heteroatoms. The van der Waals surface area contributed by atoms with Gasteiger partial charge in [0.1, 0.15) is 6.04 Å². The fourth-order valence-electron chi connectivity index (χ4n) is 5.32. The second-order valence-electron chi connectivity index (χ2n) is 9.72. The zero-order chi connectivity index (χ0) is 25.8. The Morgan fingerprint density at radius 3 is 2.05 bits per heavy atom. The molecule has 0 saturated carbocycles. The molecular formula is C31H31N3O3. The highest BCUT2D eigenvalue weighted by molar-refractivity contribution is 5.91. The van der Waals surface area contributed by atoms with Crippen LogP contribution in [-0.2, 0) is 16.1 Å². The number of carbonyl (C=O) groups is 2. The largest absolute Gasteiger partial charge is 0.480 e. The summed E-state index contributed by atoms with van der Waals surface area (Å²) in [7, 11) is 0. The van der Waals surface area contributed by atoms with Crippen molar-refractivity contribution in [1.82, 2.24) is 14.7 Å². The number of benzene rings is 3. The van der Waals surface area contributed by atoms with Crippen molar-refractivity contribution < 1.29 is 14.7 Å². The molecule has 0 aliphatic carbocycles. The minimum atomic E-state index is -0.974. The van der Waals surface area contributed by atoms with Crippen molar-refractivity contribution in [2.75, 3.05) is 6.54 Å². The van der Waals surface area contributed by atoms with Gasteiger partial charge in [-0.1, -0.05) is 91.0 Å². The van der Waals surface area contributed by atoms with E-state index in [0.29, 0.717) is 25.9 Å². The summed E-state index contributed by atoms with van der Waals surface area (Å²) in [6.07, 6.45) is 1.02. The molecule has 0 spiro atoms. The van der Waals surface area contributed by atoms with Crippen LogP contribution in [0.5, 0.6) is 0 Å². The molecule has 1 aromatic heterocycles. The first-order valence-corrected chi connectivity index (χ1v) is 12.7. The number of carbonyl (C=O) groups excluding carboxylic acids is 1. The number of amides is 1. The Kier molecular flexibility index (Phi) is 7.17. The van der Waals surface area contributed by atoms with Gasteiger partial charge in [0.25, 0.3) is 0 Å². The SMILES string of the molecule is Cc1cc(C2CCN(C(=O)C(c3ccccc3)c3ccccc3)C(C(=O)O)C2)nn1Cc1ccccc1. The summed E-state index contributed by atoms with van der Waals surface area (Å²) in [5, 5.41) is 15.0. The number of aliphatic carboxylic acids is 1. The number of carboxylic acid groups (broad SMARTS) is 1. The minimum absolute atomic E-state index is 0.0206. The molecule has 0 bridgehead atoms. The Balaban J connectivity index is 1.38. The second-order valence-corrected chi connectivity index (χ2v) is 9.72. The van der Waals surface area contributed by atoms with Gasteiger partial charge in [-0.15, -0.1) is 0 Å². The molecule has 6 nitrogen and oxygen atoms in total. The van der Waals surface area contributed by atoms with E-state index in [4.69, 9.17) is 5.10 Å². The van der Waals surface area contributed by atoms with Gasteiger partial charge in [0.15, 0.2) is 0 Å². The van der Waals surface area contributed by atoms with E-state index in [-0.39, 0.29) is 11.8 Å². The van der Waals surface area contributed by atoms with Gasteiger partial charge in [-0.05, 0) is 42.5 Å². The highest BCUT2D eigenvalue weighted by Crippen LogP contribution is 2.35. The van der Waals surface area contributed by atoms with E-state index in [2.05, 4.69) is 18.2 Å². The standard InChI is InChI=1S/C31H31N3O3/c1-22-19-27(32-34(22)21-23-11-5-2-6-12-23)26-17-18-33(28(20-26)31(36)37)30(35)29(24-13-7-3-8-14-24)25-15-9-4-10-16-25/h2-16,19,26,28-29H,17-18,20-21H2,1H3,(H,36,37). The smallest absolute Gasteiger partial charge is 0.326 e. The first kappa shape index (κ1) is 24.5. The summed E-state index contributed by atoms with van der Waals surface area (Å²) in [5.74, 6) is -1.71. The highest BCUT2D eigenvalue weighted by atomic mass is 16.4. The van der Waals surface area contributed by atoms with Crippen molar-refractivity contribution in [3.05, 3.63) is 125 Å². The number of likely N-dealkylation sites (tertiary alicyclic amines) is 1. The van der Waals surface area contributed by atoms with E-state index in [1.165, 1.54) is 0 Å². The number of aryl methyl sites for hydroxylation is 1. The topological polar surface area (TPSA) is 75.4 Å². The lowest BCUT2D eigenvalue weighted by Crippen LogP contribution is -2.51. The molecule has 5 rings (SSSR count). The molecule has 4 aromatic rings. The van der Waals surface area contributed by atoms with Crippen molar-refractivity contribution in [2.45, 2.75) is 44.2 Å². The lowest BCUT2D eigenvalue weighted by atomic mass is 9.85. The van der Waals surface area contributed by atoms with E-state index in [9.17, 15) is 14.7 Å². The quantitative estimate of drug-likeness (QED) is 0.383. The molecule has 1 amide bonds. The van der Waals surface area contributed by atoms with Crippen LogP contribution in [-0.4, -0.2) is 44.3 Å². The summed E-state index contributed by atoms with van der Waals surface area (Å²) in [5.41, 5.74) is 4.82. The van der Waals surface area contributed by atoms with Crippen molar-refractivity contribution in [3.63, 3.8) is 0 Å². The maximum Gasteiger partial charge on any atom is 0.326 e. The third-order valence-corrected chi connectivity index (χ3v) is 7.28. The maximum atomic E-state index is 14.0. The Hall–Kier alpha value is -4.19. The lowest BCUT2D eigenvalue weighted by Gasteiger charge is -2.38. The summed E-state index contributed by atoms with van der Waals surface area (Å²) in [6.45, 7) is 3.07. The van der Waals surface area contributed by atoms with E-state index < -0.39 is 17.9 Å². The first-order chi connectivity index (χ1) is 18.0. The number of hydrogen-bond donors (Lipinski definition) is 1. The van der Waals surface area contributed by atoms with Crippen LogP contribution in [0.2, 0.25) is 0 Å². The number of rotatable bonds is 7. The Labute approximate surface area is 217 Å². The van der Waals surface area contributed by atoms with Gasteiger partial charge in [0.2, 0.25) is 5.91 Å². The third-order valence-electron chi connectivity index (χ3n) is 7.28. The van der Waals surface area contributed by atoms with Crippen LogP contribution in [0.3, 0.4) is 0 Å². The van der Waals surface area contributed by atoms with Crippen molar-refractivity contribution in [2.24, 2.45) is 0 Å². The van der Waals surface area contributed by atoms with Gasteiger partial charge in [0, 0.05) is 18.2 Å². The van der Waals surface area contributed by atoms with Crippen molar-refractivity contribution >= 4 is 11.9 Å². The zero-order valence-corrected chi connectivity index (χ0v) is 20.9. The second kappa shape index (κ2) is 10.8. The van der Waals surface area contributed by atoms with E-state index in [1.807, 2.05) is 90.5 Å². The molecule has 1 saturated heterocycles. The van der Waals surface area contributed by atoms with E-state index in [0.717, 1.165) is 28.1 Å². The minimum Gasteiger partial charge on any atom is -0.480 e. The number of aromatic nitrogens is 2. The molecule has 1 N–H and O–H groups in total. The third kappa shape index (κ3) is 5.33. The van der Waals surface area contributed by atoms with Gasteiger partial charge in [-0.25, -0.2) is 4.79 Å². The van der Waals surface area contributed by atoms with Crippen LogP contribution in [0.25, 0.3) is 0 Å². The van der Waals surface area contributed by atoms with Crippen LogP contribution in [0.1, 0.15) is 52.8 Å². The van der Waals surface area contributed by atoms with Gasteiger partial charge in [-0.3, -0.25) is 9.48 Å². The molecule has 1 aliphatic heterocycles. The zero-order valence-electron chi connectivity index (χ0n) is 20.9. The highest BCUT2D eigenvalue weighted by Gasteiger charge is 2.40. The predicted octanol–water partition coefficient (Wildman–Crippen LogP) is 5.23. The molecule has 2 atom stereocenters. The molecule has 1 fully saturated rings. The molecular weight excluding hydrogens is 462 g/mol. The van der Waals surface area contributed by atoms with Crippen molar-refractivity contribution in [3.8, 4) is 0 Å². The van der Waals surface area contributed by atoms with Gasteiger partial charge in [0.05, 0.1) is 18.2 Å². The van der Waals surface area contributed by atoms with Crippen LogP contribution < -0.4 is 0 Å². The van der Waals surface area contributed by atoms with Gasteiger partial charge < -0.3 is 10.0 Å². The van der Waals surface area contributed by atoms with E-state index in [1.54, 1.807) is 4.90 Å². The molecule has 2 unspecified atom stereocenters. The van der Waals surface area contributed by atoms with E-state index >= 15 is 0 Å². The van der Waals surface area contributed by atoms with Crippen molar-refractivity contribution in [1.29, 1.82) is 0 Å². The Morgan fingerprint density at radius 1 is 0.919 bits per heavy atom. The average molecular weight is 494 g/mol. The predicted molar refractivity (Wildman–Crippen MR) is 142 cm³/mol. The fraction of sp³-hybridized carbons (Fsp3) is 0.258.